The van der Waals surface area contributed by atoms with Gasteiger partial charge in [0, 0.05) is 117 Å². The van der Waals surface area contributed by atoms with E-state index in [1.165, 1.54) is 16.8 Å². The van der Waals surface area contributed by atoms with E-state index in [1.807, 2.05) is 108 Å². The summed E-state index contributed by atoms with van der Waals surface area (Å²) in [6.45, 7) is 8.77. The highest BCUT2D eigenvalue weighted by atomic mass is 35.5. The topological polar surface area (TPSA) is 196 Å². The number of rotatable bonds is 16. The molecule has 0 spiro atoms. The van der Waals surface area contributed by atoms with E-state index in [-0.39, 0.29) is 29.7 Å². The fourth-order valence-corrected chi connectivity index (χ4v) is 14.7. The van der Waals surface area contributed by atoms with Crippen molar-refractivity contribution in [1.82, 2.24) is 48.5 Å². The minimum Gasteiger partial charge on any atom is -0.445 e. The maximum absolute atomic E-state index is 13.7. The summed E-state index contributed by atoms with van der Waals surface area (Å²) in [7, 11) is -3.85. The molecule has 0 radical (unpaired) electrons. The Morgan fingerprint density at radius 1 is 0.551 bits per heavy atom. The number of anilines is 2. The van der Waals surface area contributed by atoms with Crippen LogP contribution in [0, 0.1) is 11.8 Å². The molecular formula is C68H74Cl2N12O6S. The molecule has 6 heterocycles. The molecule has 21 heteroatoms. The Bertz CT molecular complexity index is 3960. The lowest BCUT2D eigenvalue weighted by Crippen LogP contribution is -2.50. The van der Waals surface area contributed by atoms with Gasteiger partial charge >= 0.3 is 12.2 Å². The van der Waals surface area contributed by atoms with Gasteiger partial charge in [-0.05, 0) is 85.8 Å². The smallest absolute Gasteiger partial charge is 0.410 e. The zero-order valence-electron chi connectivity index (χ0n) is 49.7. The Morgan fingerprint density at radius 3 is 1.54 bits per heavy atom. The van der Waals surface area contributed by atoms with Crippen molar-refractivity contribution in [3.8, 4) is 22.5 Å². The van der Waals surface area contributed by atoms with Crippen LogP contribution in [0.3, 0.4) is 0 Å². The number of ether oxygens (including phenoxy) is 2. The molecule has 2 aliphatic carbocycles. The Kier molecular flexibility index (Phi) is 19.7. The van der Waals surface area contributed by atoms with Crippen LogP contribution in [0.25, 0.3) is 44.3 Å². The molecule has 2 saturated heterocycles. The van der Waals surface area contributed by atoms with E-state index in [1.54, 1.807) is 59.9 Å². The maximum atomic E-state index is 13.7. The predicted molar refractivity (Wildman–Crippen MR) is 349 cm³/mol. The number of halogens is 2. The van der Waals surface area contributed by atoms with Crippen molar-refractivity contribution in [3.05, 3.63) is 185 Å². The predicted octanol–water partition coefficient (Wildman–Crippen LogP) is 13.1. The Balaban J connectivity index is 0.000000176. The van der Waals surface area contributed by atoms with Gasteiger partial charge in [0.1, 0.15) is 13.2 Å². The number of benzene rings is 5. The number of nitrogens with one attached hydrogen (secondary N) is 3. The third kappa shape index (κ3) is 15.2. The highest BCUT2D eigenvalue weighted by Crippen LogP contribution is 2.38. The Labute approximate surface area is 529 Å². The first-order valence-electron chi connectivity index (χ1n) is 30.9. The fourth-order valence-electron chi connectivity index (χ4n) is 12.9. The number of carbonyl (C=O) groups excluding carboxylic acids is 2. The summed E-state index contributed by atoms with van der Waals surface area (Å²) >= 11 is 13.2. The zero-order valence-corrected chi connectivity index (χ0v) is 52.0. The van der Waals surface area contributed by atoms with Gasteiger partial charge in [-0.15, -0.1) is 0 Å². The van der Waals surface area contributed by atoms with Crippen LogP contribution in [-0.4, -0.2) is 147 Å². The first kappa shape index (κ1) is 61.2. The molecule has 2 unspecified atom stereocenters. The monoisotopic (exact) mass is 1260 g/mol. The molecular weight excluding hydrogens is 1180 g/mol. The number of fused-ring (bicyclic) bond motifs is 2. The van der Waals surface area contributed by atoms with Gasteiger partial charge in [0.25, 0.3) is 10.0 Å². The second-order valence-electron chi connectivity index (χ2n) is 23.6. The van der Waals surface area contributed by atoms with Gasteiger partial charge in [0.05, 0.1) is 44.2 Å². The van der Waals surface area contributed by atoms with Crippen LogP contribution in [0.1, 0.15) is 62.5 Å². The number of aromatic amines is 1. The van der Waals surface area contributed by atoms with E-state index in [0.29, 0.717) is 89.4 Å². The van der Waals surface area contributed by atoms with Crippen LogP contribution in [0.5, 0.6) is 0 Å². The molecule has 4 atom stereocenters. The number of aromatic nitrogens is 6. The van der Waals surface area contributed by atoms with E-state index in [4.69, 9.17) is 42.6 Å². The quantitative estimate of drug-likeness (QED) is 0.0826. The van der Waals surface area contributed by atoms with E-state index in [2.05, 4.69) is 41.5 Å². The molecule has 3 N–H and O–H groups in total. The molecule has 4 aliphatic rings. The van der Waals surface area contributed by atoms with Gasteiger partial charge in [-0.2, -0.15) is 0 Å². The summed E-state index contributed by atoms with van der Waals surface area (Å²) in [5.41, 5.74) is 6.41. The lowest BCUT2D eigenvalue weighted by atomic mass is 9.85. The van der Waals surface area contributed by atoms with Crippen LogP contribution in [0.4, 0.5) is 21.5 Å². The number of hydrogen-bond acceptors (Lipinski definition) is 14. The molecule has 5 aromatic carbocycles. The second kappa shape index (κ2) is 28.6. The van der Waals surface area contributed by atoms with Gasteiger partial charge in [-0.1, -0.05) is 151 Å². The summed E-state index contributed by atoms with van der Waals surface area (Å²) in [5, 5.41) is 9.86. The maximum Gasteiger partial charge on any atom is 0.410 e. The summed E-state index contributed by atoms with van der Waals surface area (Å²) in [6.07, 6.45) is 15.2. The molecule has 4 aromatic heterocycles. The molecule has 4 fully saturated rings. The van der Waals surface area contributed by atoms with Crippen molar-refractivity contribution in [3.63, 3.8) is 0 Å². The van der Waals surface area contributed by atoms with E-state index < -0.39 is 10.0 Å². The van der Waals surface area contributed by atoms with Gasteiger partial charge in [-0.3, -0.25) is 9.80 Å². The Hall–Kier alpha value is -8.07. The number of hydrogen-bond donors (Lipinski definition) is 3. The van der Waals surface area contributed by atoms with Crippen LogP contribution < -0.4 is 10.6 Å². The minimum absolute atomic E-state index is 0.196. The number of H-pyrrole nitrogens is 1. The number of carbonyl (C=O) groups is 2. The normalized spacial score (nSPS) is 19.3. The molecule has 18 nitrogen and oxygen atoms in total. The molecule has 2 saturated carbocycles. The third-order valence-corrected chi connectivity index (χ3v) is 19.7. The highest BCUT2D eigenvalue weighted by molar-refractivity contribution is 7.90. The lowest BCUT2D eigenvalue weighted by molar-refractivity contribution is 0.0651. The van der Waals surface area contributed by atoms with Crippen molar-refractivity contribution < 1.29 is 27.5 Å². The number of piperazine rings is 2. The highest BCUT2D eigenvalue weighted by Gasteiger charge is 2.31. The molecule has 0 bridgehead atoms. The summed E-state index contributed by atoms with van der Waals surface area (Å²) in [5.74, 6) is 2.20. The molecule has 462 valence electrons. The van der Waals surface area contributed by atoms with Crippen molar-refractivity contribution in [2.24, 2.45) is 11.8 Å². The third-order valence-electron chi connectivity index (χ3n) is 17.5. The SMILES string of the molecule is O=C(OCc1ccccc1)N1CCN(C[C@H]2CCCC(Nc3ncc(Cl)c(-c4c[nH]c5ccccc45)n3)C2)CC1.O=C(OCc1ccccc1)N1CCN(C[C@H]2CCCC(Nc3ncc(Cl)c(-c4cn(S(=O)(=O)c5ccccc5)c5ccccc45)n3)C2)CC1. The van der Waals surface area contributed by atoms with E-state index in [9.17, 15) is 18.0 Å². The fraction of sp³-hybridized carbons (Fsp3) is 0.353. The largest absolute Gasteiger partial charge is 0.445 e. The van der Waals surface area contributed by atoms with Crippen molar-refractivity contribution >= 4 is 79.1 Å². The van der Waals surface area contributed by atoms with Crippen LogP contribution in [0.15, 0.2) is 169 Å². The van der Waals surface area contributed by atoms with Gasteiger partial charge in [0.2, 0.25) is 11.9 Å². The summed E-state index contributed by atoms with van der Waals surface area (Å²) < 4.78 is 39.7. The molecule has 2 aliphatic heterocycles. The first-order valence-corrected chi connectivity index (χ1v) is 33.1. The zero-order chi connectivity index (χ0) is 61.1. The molecule has 13 rings (SSSR count). The molecule has 89 heavy (non-hydrogen) atoms. The van der Waals surface area contributed by atoms with Gasteiger partial charge in [-0.25, -0.2) is 41.9 Å². The number of para-hydroxylation sites is 2. The van der Waals surface area contributed by atoms with Crippen LogP contribution in [-0.2, 0) is 32.7 Å². The van der Waals surface area contributed by atoms with Crippen molar-refractivity contribution in [2.75, 3.05) is 76.1 Å². The first-order chi connectivity index (χ1) is 43.5. The average Bonchev–Trinajstić information content (AvgIpc) is 2.02. The number of nitrogens with zero attached hydrogens (tertiary/aromatic N) is 9. The standard InChI is InChI=1S/C37H39ClN6O4S.C31H35ClN6O2/c38-33-23-39-36(41-35(33)32-25-44(34-17-8-7-16-31(32)34)49(46,47)30-14-5-2-6-15-30)40-29-13-9-12-28(22-29)24-42-18-20-43(21-19-42)37(45)48-26-27-10-3-1-4-11-27;32-27-19-34-30(36-29(27)26-18-33-28-12-5-4-11-25(26)28)35-24-10-6-9-23(17-24)20-37-13-15-38(16-14-37)31(39)40-21-22-7-2-1-3-8-22/h1-8,10-11,14-17,23,25,28-29H,9,12-13,18-22,24,26H2,(H,39,40,41);1-5,7-8,11-12,18-19,23-24,33H,6,9-10,13-17,20-21H2,(H,34,35,36)/t28-,29?;23-,24?/m00/s1. The molecule has 9 aromatic rings. The minimum atomic E-state index is -3.85. The average molecular weight is 1260 g/mol. The lowest BCUT2D eigenvalue weighted by Gasteiger charge is -2.38. The second-order valence-corrected chi connectivity index (χ2v) is 26.2. The Morgan fingerprint density at radius 2 is 1.01 bits per heavy atom. The summed E-state index contributed by atoms with van der Waals surface area (Å²) in [6, 6.07) is 44.0. The van der Waals surface area contributed by atoms with E-state index >= 15 is 0 Å². The summed E-state index contributed by atoms with van der Waals surface area (Å²) in [4.78, 5) is 55.9. The van der Waals surface area contributed by atoms with E-state index in [0.717, 1.165) is 116 Å². The van der Waals surface area contributed by atoms with Gasteiger partial charge < -0.3 is 34.9 Å². The van der Waals surface area contributed by atoms with Crippen LogP contribution in [0.2, 0.25) is 10.0 Å². The van der Waals surface area contributed by atoms with Crippen molar-refractivity contribution in [1.29, 1.82) is 0 Å². The van der Waals surface area contributed by atoms with Gasteiger partial charge in [0.15, 0.2) is 0 Å². The molecule has 2 amide bonds. The number of amides is 2. The van der Waals surface area contributed by atoms with Crippen LogP contribution >= 0.6 is 23.2 Å². The van der Waals surface area contributed by atoms with Crippen molar-refractivity contribution in [2.45, 2.75) is 81.6 Å².